The van der Waals surface area contributed by atoms with Crippen molar-refractivity contribution in [2.45, 2.75) is 89.3 Å². The summed E-state index contributed by atoms with van der Waals surface area (Å²) in [6, 6.07) is 11.9. The van der Waals surface area contributed by atoms with E-state index >= 15 is 4.11 Å². The predicted molar refractivity (Wildman–Crippen MR) is 178 cm³/mol. The van der Waals surface area contributed by atoms with E-state index in [0.29, 0.717) is 53.3 Å². The first kappa shape index (κ1) is 35.3. The molecule has 48 heavy (non-hydrogen) atoms. The zero-order valence-electron chi connectivity index (χ0n) is 27.7. The van der Waals surface area contributed by atoms with Crippen LogP contribution in [0.3, 0.4) is 0 Å². The summed E-state index contributed by atoms with van der Waals surface area (Å²) >= 11 is 0. The average molecular weight is 683 g/mol. The maximum absolute atomic E-state index is 16.3. The van der Waals surface area contributed by atoms with Crippen molar-refractivity contribution in [2.24, 2.45) is 5.92 Å². The number of carbonyl (C=O) groups excluding carboxylic acids is 3. The van der Waals surface area contributed by atoms with Crippen molar-refractivity contribution in [1.82, 2.24) is 15.0 Å². The van der Waals surface area contributed by atoms with Crippen molar-refractivity contribution >= 4 is 43.2 Å². The second-order valence-electron chi connectivity index (χ2n) is 13.2. The number of hydrogen-bond acceptors (Lipinski definition) is 9. The quantitative estimate of drug-likeness (QED) is 0.142. The Balaban J connectivity index is 1.53. The molecular formula is C33H43FN6O7Si. The van der Waals surface area contributed by atoms with Crippen LogP contribution in [0.15, 0.2) is 48.7 Å². The minimum Gasteiger partial charge on any atom is -0.396 e. The van der Waals surface area contributed by atoms with Gasteiger partial charge in [0.05, 0.1) is 24.0 Å². The van der Waals surface area contributed by atoms with Gasteiger partial charge in [0.15, 0.2) is 5.60 Å². The number of nitrogens with one attached hydrogen (secondary N) is 2. The Labute approximate surface area is 279 Å². The fourth-order valence-corrected chi connectivity index (χ4v) is 9.45. The topological polar surface area (TPSA) is 179 Å². The lowest BCUT2D eigenvalue weighted by atomic mass is 9.82. The molecule has 13 nitrogen and oxygen atoms in total. The SMILES string of the molecule is C[C@H](O)C(=O)Nc1cccc(CN2C(=O)[C@@]3(O[C@@H](CCn4cc(CCO)nn4)[C@H]([Si](C)(C)F)[C@H]3C)c3cc(NC(=O)[C@H](C)O)ccc32)c1. The van der Waals surface area contributed by atoms with Crippen LogP contribution in [0, 0.1) is 5.92 Å². The highest BCUT2D eigenvalue weighted by Crippen LogP contribution is 2.60. The molecule has 2 aliphatic heterocycles. The van der Waals surface area contributed by atoms with Crippen molar-refractivity contribution in [2.75, 3.05) is 22.1 Å². The van der Waals surface area contributed by atoms with Crippen molar-refractivity contribution < 1.29 is 38.5 Å². The summed E-state index contributed by atoms with van der Waals surface area (Å²) < 4.78 is 24.7. The van der Waals surface area contributed by atoms with E-state index < -0.39 is 55.6 Å². The van der Waals surface area contributed by atoms with Crippen LogP contribution in [0.5, 0.6) is 0 Å². The molecule has 0 saturated carbocycles. The fraction of sp³-hybridized carbons (Fsp3) is 0.485. The van der Waals surface area contributed by atoms with Gasteiger partial charge in [-0.3, -0.25) is 19.1 Å². The van der Waals surface area contributed by atoms with Crippen LogP contribution in [-0.2, 0) is 44.2 Å². The largest absolute Gasteiger partial charge is 0.396 e. The van der Waals surface area contributed by atoms with Gasteiger partial charge in [-0.2, -0.15) is 0 Å². The summed E-state index contributed by atoms with van der Waals surface area (Å²) in [4.78, 5) is 40.9. The number of hydrogen-bond donors (Lipinski definition) is 5. The third kappa shape index (κ3) is 6.91. The van der Waals surface area contributed by atoms with Gasteiger partial charge in [-0.05, 0) is 69.3 Å². The molecule has 0 unspecified atom stereocenters. The Morgan fingerprint density at radius 3 is 2.38 bits per heavy atom. The Morgan fingerprint density at radius 1 is 1.08 bits per heavy atom. The van der Waals surface area contributed by atoms with Crippen LogP contribution < -0.4 is 15.5 Å². The molecule has 258 valence electrons. The second kappa shape index (κ2) is 13.8. The molecule has 3 heterocycles. The van der Waals surface area contributed by atoms with Gasteiger partial charge in [-0.1, -0.05) is 24.3 Å². The Kier molecular flexibility index (Phi) is 10.2. The molecule has 5 rings (SSSR count). The molecule has 1 saturated heterocycles. The smallest absolute Gasteiger partial charge is 0.264 e. The zero-order valence-corrected chi connectivity index (χ0v) is 28.7. The molecule has 6 atom stereocenters. The summed E-state index contributed by atoms with van der Waals surface area (Å²) in [7, 11) is -3.46. The lowest BCUT2D eigenvalue weighted by molar-refractivity contribution is -0.146. The van der Waals surface area contributed by atoms with Crippen LogP contribution in [0.25, 0.3) is 0 Å². The second-order valence-corrected chi connectivity index (χ2v) is 17.0. The standard InChI is InChI=1S/C33H43FN6O7Si/c1-19-29(48(4,5)34)28(11-13-39-18-25(12-14-41)37-38-39)47-33(19)26-16-24(36-31(45)21(3)43)9-10-27(26)40(32(33)46)17-22-7-6-8-23(15-22)35-30(44)20(2)42/h6-10,15-16,18-21,28-29,41-43H,11-14,17H2,1-5H3,(H,35,44)(H,36,45)/t19-,20+,21+,28+,29-,33+/m1/s1. The van der Waals surface area contributed by atoms with Gasteiger partial charge < -0.3 is 39.7 Å². The molecule has 0 radical (unpaired) electrons. The Morgan fingerprint density at radius 2 is 1.75 bits per heavy atom. The summed E-state index contributed by atoms with van der Waals surface area (Å²) in [6.07, 6.45) is -0.687. The average Bonchev–Trinajstić information content (AvgIpc) is 3.66. The first-order chi connectivity index (χ1) is 22.6. The summed E-state index contributed by atoms with van der Waals surface area (Å²) in [5.74, 6) is -2.16. The van der Waals surface area contributed by atoms with Gasteiger partial charge in [-0.15, -0.1) is 5.10 Å². The number of ether oxygens (including phenoxy) is 1. The molecule has 0 bridgehead atoms. The first-order valence-corrected chi connectivity index (χ1v) is 19.0. The summed E-state index contributed by atoms with van der Waals surface area (Å²) in [5.41, 5.74) is 0.972. The maximum atomic E-state index is 16.3. The third-order valence-electron chi connectivity index (χ3n) is 9.12. The molecule has 5 N–H and O–H groups in total. The first-order valence-electron chi connectivity index (χ1n) is 16.1. The Bertz CT molecular complexity index is 1680. The van der Waals surface area contributed by atoms with Crippen LogP contribution in [0.2, 0.25) is 18.6 Å². The van der Waals surface area contributed by atoms with E-state index in [1.54, 1.807) is 71.3 Å². The molecule has 3 amide bonds. The van der Waals surface area contributed by atoms with E-state index in [-0.39, 0.29) is 19.1 Å². The number of fused-ring (bicyclic) bond motifs is 2. The van der Waals surface area contributed by atoms with E-state index in [1.807, 2.05) is 6.92 Å². The van der Waals surface area contributed by atoms with E-state index in [4.69, 9.17) is 4.74 Å². The van der Waals surface area contributed by atoms with Crippen LogP contribution >= 0.6 is 0 Å². The van der Waals surface area contributed by atoms with Crippen molar-refractivity contribution in [3.63, 3.8) is 0 Å². The predicted octanol–water partition coefficient (Wildman–Crippen LogP) is 2.86. The van der Waals surface area contributed by atoms with Gasteiger partial charge in [0.1, 0.15) is 12.2 Å². The lowest BCUT2D eigenvalue weighted by Gasteiger charge is -2.31. The minimum absolute atomic E-state index is 0.0628. The fourth-order valence-electron chi connectivity index (χ4n) is 6.91. The number of aromatic nitrogens is 3. The summed E-state index contributed by atoms with van der Waals surface area (Å²) in [5, 5.41) is 42.3. The number of aryl methyl sites for hydroxylation is 1. The van der Waals surface area contributed by atoms with E-state index in [2.05, 4.69) is 20.9 Å². The molecule has 2 aliphatic rings. The van der Waals surface area contributed by atoms with E-state index in [0.717, 1.165) is 0 Å². The van der Waals surface area contributed by atoms with Crippen molar-refractivity contribution in [3.8, 4) is 0 Å². The molecule has 0 aliphatic carbocycles. The number of carbonyl (C=O) groups is 3. The molecule has 1 aromatic heterocycles. The van der Waals surface area contributed by atoms with E-state index in [1.165, 1.54) is 13.8 Å². The molecule has 1 fully saturated rings. The summed E-state index contributed by atoms with van der Waals surface area (Å²) in [6.45, 7) is 8.17. The molecule has 2 aromatic carbocycles. The van der Waals surface area contributed by atoms with Crippen LogP contribution in [-0.4, -0.2) is 81.4 Å². The van der Waals surface area contributed by atoms with Gasteiger partial charge in [-0.25, -0.2) is 0 Å². The highest BCUT2D eigenvalue weighted by atomic mass is 28.4. The van der Waals surface area contributed by atoms with Gasteiger partial charge >= 0.3 is 0 Å². The molecular weight excluding hydrogens is 639 g/mol. The molecule has 1 spiro atoms. The molecule has 3 aromatic rings. The monoisotopic (exact) mass is 682 g/mol. The number of amides is 3. The number of benzene rings is 2. The highest BCUT2D eigenvalue weighted by molar-refractivity contribution is 6.72. The number of aliphatic hydroxyl groups is 3. The zero-order chi connectivity index (χ0) is 35.0. The van der Waals surface area contributed by atoms with Gasteiger partial charge in [0.25, 0.3) is 17.7 Å². The van der Waals surface area contributed by atoms with Gasteiger partial charge in [0, 0.05) is 54.2 Å². The number of aliphatic hydroxyl groups excluding tert-OH is 3. The normalized spacial score (nSPS) is 23.3. The van der Waals surface area contributed by atoms with E-state index in [9.17, 15) is 29.7 Å². The van der Waals surface area contributed by atoms with Crippen molar-refractivity contribution in [3.05, 3.63) is 65.5 Å². The van der Waals surface area contributed by atoms with Gasteiger partial charge in [0.2, 0.25) is 8.41 Å². The third-order valence-corrected chi connectivity index (χ3v) is 11.6. The molecule has 15 heteroatoms. The minimum atomic E-state index is -3.46. The van der Waals surface area contributed by atoms with Crippen LogP contribution in [0.1, 0.15) is 44.0 Å². The number of rotatable bonds is 12. The number of nitrogens with zero attached hydrogens (tertiary/aromatic N) is 4. The highest BCUT2D eigenvalue weighted by Gasteiger charge is 2.66. The van der Waals surface area contributed by atoms with Crippen molar-refractivity contribution in [1.29, 1.82) is 0 Å². The lowest BCUT2D eigenvalue weighted by Crippen LogP contribution is -2.45. The Hall–Kier alpha value is -4.02. The number of anilines is 3. The maximum Gasteiger partial charge on any atom is 0.264 e. The van der Waals surface area contributed by atoms with Crippen LogP contribution in [0.4, 0.5) is 21.2 Å². The number of halogens is 1.